The van der Waals surface area contributed by atoms with Gasteiger partial charge in [0, 0.05) is 19.2 Å². The lowest BCUT2D eigenvalue weighted by atomic mass is 9.95. The molecule has 0 radical (unpaired) electrons. The molecule has 1 aliphatic carbocycles. The molecule has 1 aromatic carbocycles. The average Bonchev–Trinajstić information content (AvgIpc) is 3.21. The van der Waals surface area contributed by atoms with Crippen LogP contribution in [0.1, 0.15) is 37.9 Å². The van der Waals surface area contributed by atoms with Crippen molar-refractivity contribution >= 4 is 17.0 Å². The maximum absolute atomic E-state index is 13.9. The van der Waals surface area contributed by atoms with Crippen LogP contribution in [0.2, 0.25) is 0 Å². The molecule has 0 unspecified atom stereocenters. The Hall–Kier alpha value is -2.85. The van der Waals surface area contributed by atoms with Crippen LogP contribution in [0.15, 0.2) is 30.3 Å². The van der Waals surface area contributed by atoms with Crippen molar-refractivity contribution in [3.05, 3.63) is 36.2 Å². The highest BCUT2D eigenvalue weighted by Gasteiger charge is 2.27. The van der Waals surface area contributed by atoms with E-state index in [1.165, 1.54) is 4.57 Å². The molecule has 8 nitrogen and oxygen atoms in total. The molecule has 0 spiro atoms. The van der Waals surface area contributed by atoms with Gasteiger partial charge in [-0.1, -0.05) is 18.6 Å². The third kappa shape index (κ3) is 4.12. The second kappa shape index (κ2) is 8.95. The summed E-state index contributed by atoms with van der Waals surface area (Å²) in [5.74, 6) is 0.497. The smallest absolute Gasteiger partial charge is 0.296 e. The normalized spacial score (nSPS) is 21.9. The van der Waals surface area contributed by atoms with Crippen molar-refractivity contribution in [1.29, 1.82) is 0 Å². The number of alkyl halides is 2. The van der Waals surface area contributed by atoms with E-state index in [4.69, 9.17) is 9.47 Å². The number of ether oxygens (including phenoxy) is 2. The summed E-state index contributed by atoms with van der Waals surface area (Å²) in [5, 5.41) is 10.4. The number of hydrogen-bond acceptors (Lipinski definition) is 7. The number of fused-ring (bicyclic) bond motifs is 1. The molecule has 10 heteroatoms. The zero-order valence-electron chi connectivity index (χ0n) is 17.5. The van der Waals surface area contributed by atoms with Gasteiger partial charge in [0.05, 0.1) is 30.4 Å². The number of hydrogen-bond donors (Lipinski definition) is 1. The first-order valence-corrected chi connectivity index (χ1v) is 10.9. The van der Waals surface area contributed by atoms with Crippen molar-refractivity contribution in [2.24, 2.45) is 0 Å². The first-order chi connectivity index (χ1) is 15.6. The topological polar surface area (TPSA) is 85.5 Å². The number of rotatable bonds is 5. The molecule has 170 valence electrons. The molecule has 1 aliphatic heterocycles. The van der Waals surface area contributed by atoms with E-state index in [9.17, 15) is 13.9 Å². The molecule has 2 atom stereocenters. The highest BCUT2D eigenvalue weighted by molar-refractivity contribution is 5.78. The first-order valence-electron chi connectivity index (χ1n) is 10.9. The van der Waals surface area contributed by atoms with Gasteiger partial charge in [-0.15, -0.1) is 0 Å². The van der Waals surface area contributed by atoms with E-state index in [-0.39, 0.29) is 17.5 Å². The molecule has 32 heavy (non-hydrogen) atoms. The van der Waals surface area contributed by atoms with Crippen LogP contribution >= 0.6 is 0 Å². The van der Waals surface area contributed by atoms with Crippen LogP contribution in [0.25, 0.3) is 16.9 Å². The molecule has 5 rings (SSSR count). The fourth-order valence-electron chi connectivity index (χ4n) is 4.28. The monoisotopic (exact) mass is 445 g/mol. The summed E-state index contributed by atoms with van der Waals surface area (Å²) >= 11 is 0. The molecule has 3 aromatic rings. The third-order valence-electron chi connectivity index (χ3n) is 5.92. The van der Waals surface area contributed by atoms with E-state index in [0.29, 0.717) is 56.1 Å². The predicted molar refractivity (Wildman–Crippen MR) is 114 cm³/mol. The molecular formula is C22H25F2N5O3. The van der Waals surface area contributed by atoms with Crippen molar-refractivity contribution in [3.63, 3.8) is 0 Å². The standard InChI is InChI=1S/C22H25F2N5O3/c23-20(24)21-25-14-5-1-2-6-15(14)29(21)18-13-19(32-17-8-4-3-7-16(17)30)27-22(26-18)28-9-11-31-12-10-28/h1-2,5-6,13,16-17,20,30H,3-4,7-12H2/t16-,17+/m1/s1. The second-order valence-electron chi connectivity index (χ2n) is 8.07. The van der Waals surface area contributed by atoms with Gasteiger partial charge in [0.15, 0.2) is 5.82 Å². The van der Waals surface area contributed by atoms with Gasteiger partial charge in [-0.2, -0.15) is 9.97 Å². The minimum atomic E-state index is -2.78. The fourth-order valence-corrected chi connectivity index (χ4v) is 4.28. The quantitative estimate of drug-likeness (QED) is 0.645. The highest BCUT2D eigenvalue weighted by atomic mass is 19.3. The summed E-state index contributed by atoms with van der Waals surface area (Å²) < 4.78 is 40.7. The largest absolute Gasteiger partial charge is 0.471 e. The number of aliphatic hydroxyl groups is 1. The number of aliphatic hydroxyl groups excluding tert-OH is 1. The van der Waals surface area contributed by atoms with Gasteiger partial charge in [-0.3, -0.25) is 4.57 Å². The Balaban J connectivity index is 1.61. The van der Waals surface area contributed by atoms with E-state index in [2.05, 4.69) is 15.0 Å². The molecule has 2 aliphatic rings. The van der Waals surface area contributed by atoms with E-state index in [1.807, 2.05) is 4.90 Å². The van der Waals surface area contributed by atoms with Gasteiger partial charge in [0.25, 0.3) is 6.43 Å². The molecule has 0 bridgehead atoms. The lowest BCUT2D eigenvalue weighted by Gasteiger charge is -2.30. The molecule has 0 amide bonds. The van der Waals surface area contributed by atoms with Crippen molar-refractivity contribution in [2.45, 2.75) is 44.3 Å². The van der Waals surface area contributed by atoms with E-state index in [0.717, 1.165) is 12.8 Å². The SMILES string of the molecule is O[C@@H]1CCCC[C@@H]1Oc1cc(-n2c(C(F)F)nc3ccccc32)nc(N2CCOCC2)n1. The summed E-state index contributed by atoms with van der Waals surface area (Å²) in [4.78, 5) is 15.2. The molecule has 1 saturated heterocycles. The van der Waals surface area contributed by atoms with Crippen molar-refractivity contribution < 1.29 is 23.4 Å². The van der Waals surface area contributed by atoms with Gasteiger partial charge in [0.1, 0.15) is 11.9 Å². The minimum Gasteiger partial charge on any atom is -0.471 e. The molecular weight excluding hydrogens is 420 g/mol. The van der Waals surface area contributed by atoms with Crippen molar-refractivity contribution in [1.82, 2.24) is 19.5 Å². The van der Waals surface area contributed by atoms with Gasteiger partial charge in [-0.05, 0) is 31.4 Å². The molecule has 2 fully saturated rings. The fraction of sp³-hybridized carbons (Fsp3) is 0.500. The zero-order valence-corrected chi connectivity index (χ0v) is 17.5. The Bertz CT molecular complexity index is 1090. The maximum Gasteiger partial charge on any atom is 0.296 e. The van der Waals surface area contributed by atoms with Gasteiger partial charge >= 0.3 is 0 Å². The number of imidazole rings is 1. The average molecular weight is 445 g/mol. The Kier molecular flexibility index (Phi) is 5.88. The molecule has 3 heterocycles. The lowest BCUT2D eigenvalue weighted by molar-refractivity contribution is 0.00446. The van der Waals surface area contributed by atoms with Crippen LogP contribution in [0, 0.1) is 0 Å². The zero-order chi connectivity index (χ0) is 22.1. The number of anilines is 1. The minimum absolute atomic E-state index is 0.250. The summed E-state index contributed by atoms with van der Waals surface area (Å²) in [7, 11) is 0. The number of benzene rings is 1. The Morgan fingerprint density at radius 1 is 1.06 bits per heavy atom. The van der Waals surface area contributed by atoms with E-state index < -0.39 is 18.6 Å². The van der Waals surface area contributed by atoms with Crippen molar-refractivity contribution in [3.8, 4) is 11.7 Å². The summed E-state index contributed by atoms with van der Waals surface area (Å²) in [5.41, 5.74) is 0.984. The second-order valence-corrected chi connectivity index (χ2v) is 8.07. The van der Waals surface area contributed by atoms with Gasteiger partial charge < -0.3 is 19.5 Å². The first kappa shape index (κ1) is 21.0. The van der Waals surface area contributed by atoms with Crippen LogP contribution < -0.4 is 9.64 Å². The van der Waals surface area contributed by atoms with Crippen LogP contribution in [-0.2, 0) is 4.74 Å². The Labute approximate surface area is 183 Å². The highest BCUT2D eigenvalue weighted by Crippen LogP contribution is 2.30. The number of aromatic nitrogens is 4. The van der Waals surface area contributed by atoms with Crippen molar-refractivity contribution in [2.75, 3.05) is 31.2 Å². The predicted octanol–water partition coefficient (Wildman–Crippen LogP) is 3.27. The maximum atomic E-state index is 13.9. The van der Waals surface area contributed by atoms with Crippen LogP contribution in [-0.4, -0.2) is 63.1 Å². The van der Waals surface area contributed by atoms with Crippen LogP contribution in [0.3, 0.4) is 0 Å². The summed E-state index contributed by atoms with van der Waals surface area (Å²) in [6, 6.07) is 8.50. The van der Waals surface area contributed by atoms with E-state index in [1.54, 1.807) is 30.3 Å². The number of morpholine rings is 1. The summed E-state index contributed by atoms with van der Waals surface area (Å²) in [6.45, 7) is 2.23. The molecule has 2 aromatic heterocycles. The van der Waals surface area contributed by atoms with Crippen LogP contribution in [0.5, 0.6) is 5.88 Å². The number of nitrogens with zero attached hydrogens (tertiary/aromatic N) is 5. The Morgan fingerprint density at radius 3 is 2.62 bits per heavy atom. The third-order valence-corrected chi connectivity index (χ3v) is 5.92. The number of para-hydroxylation sites is 2. The Morgan fingerprint density at radius 2 is 1.84 bits per heavy atom. The van der Waals surface area contributed by atoms with E-state index >= 15 is 0 Å². The van der Waals surface area contributed by atoms with Crippen LogP contribution in [0.4, 0.5) is 14.7 Å². The molecule has 1 N–H and O–H groups in total. The number of halogens is 2. The van der Waals surface area contributed by atoms with Gasteiger partial charge in [0.2, 0.25) is 11.8 Å². The lowest BCUT2D eigenvalue weighted by Crippen LogP contribution is -2.38. The summed E-state index contributed by atoms with van der Waals surface area (Å²) in [6.07, 6.45) is -0.470. The van der Waals surface area contributed by atoms with Gasteiger partial charge in [-0.25, -0.2) is 13.8 Å². The molecule has 1 saturated carbocycles.